The summed E-state index contributed by atoms with van der Waals surface area (Å²) in [6.07, 6.45) is 0. The van der Waals surface area contributed by atoms with Gasteiger partial charge < -0.3 is 9.13 Å². The van der Waals surface area contributed by atoms with Crippen LogP contribution in [0.4, 0.5) is 0 Å². The Morgan fingerprint density at radius 1 is 0.309 bits per heavy atom. The van der Waals surface area contributed by atoms with Crippen molar-refractivity contribution >= 4 is 85.9 Å². The van der Waals surface area contributed by atoms with Crippen LogP contribution in [0, 0.1) is 0 Å². The highest BCUT2D eigenvalue weighted by atomic mass is 32.1. The minimum atomic E-state index is 1.16. The fourth-order valence-corrected chi connectivity index (χ4v) is 10.1. The van der Waals surface area contributed by atoms with Crippen molar-refractivity contribution in [1.29, 1.82) is 0 Å². The average Bonchev–Trinajstić information content (AvgIpc) is 3.91. The van der Waals surface area contributed by atoms with Crippen molar-refractivity contribution in [2.45, 2.75) is 0 Å². The standard InChI is InChI=1S/C52H32N2S/c1-2-11-35-30-39(27-20-33(35)10-1)54-47-17-7-4-13-42(47)45-32-37(24-29-49(45)54)36-23-28-48-44(31-36)41-12-3-6-16-46(41)53(48)38-25-21-34(22-26-38)40-15-9-19-51-52(40)43-14-5-8-18-50(43)55-51/h1-32H. The lowest BCUT2D eigenvalue weighted by Gasteiger charge is -2.11. The van der Waals surface area contributed by atoms with E-state index in [0.29, 0.717) is 0 Å². The maximum Gasteiger partial charge on any atom is 0.0541 e. The monoisotopic (exact) mass is 716 g/mol. The van der Waals surface area contributed by atoms with Crippen molar-refractivity contribution in [3.63, 3.8) is 0 Å². The van der Waals surface area contributed by atoms with Crippen molar-refractivity contribution in [2.75, 3.05) is 0 Å². The van der Waals surface area contributed by atoms with E-state index in [2.05, 4.69) is 203 Å². The second-order valence-electron chi connectivity index (χ2n) is 14.5. The molecule has 0 amide bonds. The highest BCUT2D eigenvalue weighted by Crippen LogP contribution is 2.42. The van der Waals surface area contributed by atoms with Crippen LogP contribution in [0.1, 0.15) is 0 Å². The van der Waals surface area contributed by atoms with Crippen LogP contribution in [-0.4, -0.2) is 9.13 Å². The van der Waals surface area contributed by atoms with Crippen molar-refractivity contribution in [3.8, 4) is 33.6 Å². The number of hydrogen-bond acceptors (Lipinski definition) is 1. The first-order valence-electron chi connectivity index (χ1n) is 18.8. The summed E-state index contributed by atoms with van der Waals surface area (Å²) < 4.78 is 7.49. The minimum absolute atomic E-state index is 1.16. The fourth-order valence-electron chi connectivity index (χ4n) is 8.98. The highest BCUT2D eigenvalue weighted by molar-refractivity contribution is 7.25. The quantitative estimate of drug-likeness (QED) is 0.172. The Hall–Kier alpha value is -6.94. The van der Waals surface area contributed by atoms with Crippen molar-refractivity contribution in [2.24, 2.45) is 0 Å². The third-order valence-electron chi connectivity index (χ3n) is 11.5. The molecule has 0 N–H and O–H groups in total. The normalized spacial score (nSPS) is 12.0. The third kappa shape index (κ3) is 4.60. The summed E-state index contributed by atoms with van der Waals surface area (Å²) >= 11 is 1.87. The molecule has 12 rings (SSSR count). The molecule has 0 saturated heterocycles. The van der Waals surface area contributed by atoms with Gasteiger partial charge >= 0.3 is 0 Å². The van der Waals surface area contributed by atoms with Crippen LogP contribution in [0.25, 0.3) is 108 Å². The van der Waals surface area contributed by atoms with Gasteiger partial charge in [-0.15, -0.1) is 11.3 Å². The summed E-state index contributed by atoms with van der Waals surface area (Å²) in [7, 11) is 0. The van der Waals surface area contributed by atoms with Crippen molar-refractivity contribution in [1.82, 2.24) is 9.13 Å². The number of benzene rings is 9. The molecule has 3 heterocycles. The zero-order chi connectivity index (χ0) is 36.0. The average molecular weight is 717 g/mol. The Kier molecular flexibility index (Phi) is 6.54. The molecule has 0 aliphatic rings. The van der Waals surface area contributed by atoms with Crippen LogP contribution in [-0.2, 0) is 0 Å². The van der Waals surface area contributed by atoms with Gasteiger partial charge in [-0.1, -0.05) is 121 Å². The molecule has 256 valence electrons. The topological polar surface area (TPSA) is 9.86 Å². The van der Waals surface area contributed by atoms with Crippen molar-refractivity contribution < 1.29 is 0 Å². The molecule has 3 aromatic heterocycles. The first-order chi connectivity index (χ1) is 27.3. The minimum Gasteiger partial charge on any atom is -0.309 e. The molecule has 3 heteroatoms. The SMILES string of the molecule is c1ccc2cc(-n3c4ccccc4c4cc(-c5ccc6c(c5)c5ccccc5n6-c5ccc(-c6cccc7sc8ccccc8c67)cc5)ccc43)ccc2c1. The predicted molar refractivity (Wildman–Crippen MR) is 236 cm³/mol. The summed E-state index contributed by atoms with van der Waals surface area (Å²) in [5.74, 6) is 0. The van der Waals surface area contributed by atoms with E-state index in [1.54, 1.807) is 0 Å². The van der Waals surface area contributed by atoms with Gasteiger partial charge in [0.15, 0.2) is 0 Å². The van der Waals surface area contributed by atoms with Crippen LogP contribution < -0.4 is 0 Å². The van der Waals surface area contributed by atoms with E-state index < -0.39 is 0 Å². The van der Waals surface area contributed by atoms with E-state index in [1.807, 2.05) is 11.3 Å². The summed E-state index contributed by atoms with van der Waals surface area (Å²) in [6, 6.07) is 71.5. The fraction of sp³-hybridized carbons (Fsp3) is 0. The smallest absolute Gasteiger partial charge is 0.0541 e. The second-order valence-corrected chi connectivity index (χ2v) is 15.6. The van der Waals surface area contributed by atoms with Gasteiger partial charge in [0.05, 0.1) is 22.1 Å². The first-order valence-corrected chi connectivity index (χ1v) is 19.7. The zero-order valence-electron chi connectivity index (χ0n) is 29.8. The van der Waals surface area contributed by atoms with Gasteiger partial charge in [-0.3, -0.25) is 0 Å². The van der Waals surface area contributed by atoms with E-state index in [9.17, 15) is 0 Å². The molecular weight excluding hydrogens is 685 g/mol. The lowest BCUT2D eigenvalue weighted by Crippen LogP contribution is -1.94. The Labute approximate surface area is 321 Å². The van der Waals surface area contributed by atoms with Gasteiger partial charge in [0, 0.05) is 53.1 Å². The molecule has 0 atom stereocenters. The third-order valence-corrected chi connectivity index (χ3v) is 12.6. The Bertz CT molecular complexity index is 3490. The Morgan fingerprint density at radius 3 is 1.55 bits per heavy atom. The maximum absolute atomic E-state index is 2.42. The number of hydrogen-bond donors (Lipinski definition) is 0. The molecule has 0 radical (unpaired) electrons. The molecule has 2 nitrogen and oxygen atoms in total. The molecule has 0 fully saturated rings. The van der Waals surface area contributed by atoms with E-state index >= 15 is 0 Å². The lowest BCUT2D eigenvalue weighted by molar-refractivity contribution is 1.18. The lowest BCUT2D eigenvalue weighted by atomic mass is 9.99. The Morgan fingerprint density at radius 2 is 0.836 bits per heavy atom. The van der Waals surface area contributed by atoms with E-state index in [4.69, 9.17) is 0 Å². The summed E-state index contributed by atoms with van der Waals surface area (Å²) in [6.45, 7) is 0. The summed E-state index contributed by atoms with van der Waals surface area (Å²) in [5.41, 5.74) is 12.1. The number of para-hydroxylation sites is 2. The van der Waals surface area contributed by atoms with Gasteiger partial charge in [0.1, 0.15) is 0 Å². The van der Waals surface area contributed by atoms with Crippen LogP contribution in [0.3, 0.4) is 0 Å². The second kappa shape index (κ2) is 11.8. The van der Waals surface area contributed by atoms with Gasteiger partial charge in [-0.2, -0.15) is 0 Å². The highest BCUT2D eigenvalue weighted by Gasteiger charge is 2.17. The molecule has 0 saturated carbocycles. The largest absolute Gasteiger partial charge is 0.309 e. The van der Waals surface area contributed by atoms with Gasteiger partial charge in [-0.05, 0) is 106 Å². The van der Waals surface area contributed by atoms with Crippen LogP contribution in [0.2, 0.25) is 0 Å². The number of aromatic nitrogens is 2. The summed E-state index contributed by atoms with van der Waals surface area (Å²) in [5, 5.41) is 10.2. The molecular formula is C52H32N2S. The molecule has 0 spiro atoms. The van der Waals surface area contributed by atoms with Crippen LogP contribution in [0.5, 0.6) is 0 Å². The van der Waals surface area contributed by atoms with Gasteiger partial charge in [0.25, 0.3) is 0 Å². The molecule has 12 aromatic rings. The number of nitrogens with zero attached hydrogens (tertiary/aromatic N) is 2. The maximum atomic E-state index is 2.42. The molecule has 55 heavy (non-hydrogen) atoms. The molecule has 0 unspecified atom stereocenters. The van der Waals surface area contributed by atoms with E-state index in [-0.39, 0.29) is 0 Å². The molecule has 0 aliphatic carbocycles. The van der Waals surface area contributed by atoms with E-state index in [0.717, 1.165) is 5.69 Å². The zero-order valence-corrected chi connectivity index (χ0v) is 30.6. The molecule has 0 aliphatic heterocycles. The van der Waals surface area contributed by atoms with Crippen LogP contribution in [0.15, 0.2) is 194 Å². The molecule has 9 aromatic carbocycles. The number of fused-ring (bicyclic) bond motifs is 10. The van der Waals surface area contributed by atoms with Gasteiger partial charge in [0.2, 0.25) is 0 Å². The summed E-state index contributed by atoms with van der Waals surface area (Å²) in [4.78, 5) is 0. The molecule has 0 bridgehead atoms. The predicted octanol–water partition coefficient (Wildman–Crippen LogP) is 14.7. The Balaban J connectivity index is 0.978. The van der Waals surface area contributed by atoms with E-state index in [1.165, 1.54) is 102 Å². The number of thiophene rings is 1. The first kappa shape index (κ1) is 30.5. The number of rotatable bonds is 4. The van der Waals surface area contributed by atoms with Crippen molar-refractivity contribution in [3.05, 3.63) is 194 Å². The van der Waals surface area contributed by atoms with Gasteiger partial charge in [-0.25, -0.2) is 0 Å². The van der Waals surface area contributed by atoms with Crippen LogP contribution >= 0.6 is 11.3 Å².